The van der Waals surface area contributed by atoms with Gasteiger partial charge in [-0.25, -0.2) is 14.2 Å². The smallest absolute Gasteiger partial charge is 0.123 e. The zero-order valence-electron chi connectivity index (χ0n) is 13.2. The van der Waals surface area contributed by atoms with Crippen molar-refractivity contribution in [3.05, 3.63) is 88.1 Å². The molecule has 2 aliphatic rings. The number of hydrogen-bond acceptors (Lipinski definition) is 2. The summed E-state index contributed by atoms with van der Waals surface area (Å²) in [5.41, 5.74) is 12.3. The molecule has 0 aromatic heterocycles. The topological polar surface area (TPSA) is 24.1 Å². The highest BCUT2D eigenvalue weighted by atomic mass is 19.1. The number of allylic oxidation sites excluding steroid dienone is 1. The molecule has 1 heterocycles. The summed E-state index contributed by atoms with van der Waals surface area (Å²) in [6.07, 6.45) is 5.18. The van der Waals surface area contributed by atoms with Crippen molar-refractivity contribution in [1.82, 2.24) is 10.9 Å². The normalized spacial score (nSPS) is 21.8. The van der Waals surface area contributed by atoms with Crippen LogP contribution in [0.2, 0.25) is 0 Å². The minimum absolute atomic E-state index is 0.0671. The molecule has 0 fully saturated rings. The van der Waals surface area contributed by atoms with Gasteiger partial charge in [0.1, 0.15) is 11.6 Å². The third-order valence-electron chi connectivity index (χ3n) is 4.64. The fraction of sp³-hybridized carbons (Fsp3) is 0.200. The van der Waals surface area contributed by atoms with Crippen LogP contribution >= 0.6 is 0 Å². The average Bonchev–Trinajstić information content (AvgIpc) is 3.03. The van der Waals surface area contributed by atoms with Gasteiger partial charge in [0.25, 0.3) is 0 Å². The first-order chi connectivity index (χ1) is 11.7. The van der Waals surface area contributed by atoms with Crippen molar-refractivity contribution in [2.24, 2.45) is 0 Å². The lowest BCUT2D eigenvalue weighted by Crippen LogP contribution is -2.27. The predicted octanol–water partition coefficient (Wildman–Crippen LogP) is 4.64. The highest BCUT2D eigenvalue weighted by Crippen LogP contribution is 2.39. The minimum atomic E-state index is -0.224. The monoisotopic (exact) mass is 324 g/mol. The summed E-state index contributed by atoms with van der Waals surface area (Å²) in [6, 6.07) is 13.2. The molecule has 1 unspecified atom stereocenters. The van der Waals surface area contributed by atoms with E-state index in [2.05, 4.69) is 16.9 Å². The molecule has 2 aromatic rings. The van der Waals surface area contributed by atoms with Crippen LogP contribution in [0.3, 0.4) is 0 Å². The highest BCUT2D eigenvalue weighted by molar-refractivity contribution is 5.61. The van der Waals surface area contributed by atoms with Crippen LogP contribution in [0.25, 0.3) is 6.08 Å². The molecular weight excluding hydrogens is 306 g/mol. The van der Waals surface area contributed by atoms with Crippen molar-refractivity contribution in [3.63, 3.8) is 0 Å². The van der Waals surface area contributed by atoms with Gasteiger partial charge in [-0.1, -0.05) is 24.3 Å². The number of benzene rings is 2. The quantitative estimate of drug-likeness (QED) is 0.841. The van der Waals surface area contributed by atoms with Crippen LogP contribution in [-0.4, -0.2) is 0 Å². The maximum absolute atomic E-state index is 13.2. The fourth-order valence-electron chi connectivity index (χ4n) is 3.45. The van der Waals surface area contributed by atoms with Gasteiger partial charge < -0.3 is 5.43 Å². The Morgan fingerprint density at radius 3 is 2.25 bits per heavy atom. The molecule has 24 heavy (non-hydrogen) atoms. The summed E-state index contributed by atoms with van der Waals surface area (Å²) >= 11 is 0. The molecule has 4 heteroatoms. The van der Waals surface area contributed by atoms with Gasteiger partial charge in [0.05, 0.1) is 11.7 Å². The van der Waals surface area contributed by atoms with E-state index < -0.39 is 0 Å². The summed E-state index contributed by atoms with van der Waals surface area (Å²) in [5.74, 6) is -0.447. The Morgan fingerprint density at radius 1 is 0.875 bits per heavy atom. The second kappa shape index (κ2) is 6.21. The van der Waals surface area contributed by atoms with Crippen LogP contribution in [0, 0.1) is 11.6 Å². The lowest BCUT2D eigenvalue weighted by atomic mass is 9.86. The molecular formula is C20H18F2N2. The standard InChI is InChI=1S/C20H18F2N2/c21-16-8-4-13(5-9-16)12-15-2-1-3-18-19(23-24-20(15)18)14-6-10-17(22)11-7-14/h4-12,19,23-24H,1-3H2. The van der Waals surface area contributed by atoms with Crippen molar-refractivity contribution >= 4 is 6.08 Å². The van der Waals surface area contributed by atoms with Gasteiger partial charge in [-0.3, -0.25) is 0 Å². The van der Waals surface area contributed by atoms with E-state index in [4.69, 9.17) is 0 Å². The summed E-state index contributed by atoms with van der Waals surface area (Å²) in [7, 11) is 0. The van der Waals surface area contributed by atoms with E-state index in [-0.39, 0.29) is 17.7 Å². The molecule has 2 nitrogen and oxygen atoms in total. The van der Waals surface area contributed by atoms with E-state index in [0.29, 0.717) is 0 Å². The second-order valence-corrected chi connectivity index (χ2v) is 6.23. The first-order valence-electron chi connectivity index (χ1n) is 8.17. The number of hydrazine groups is 1. The van der Waals surface area contributed by atoms with Gasteiger partial charge in [-0.05, 0) is 71.9 Å². The summed E-state index contributed by atoms with van der Waals surface area (Å²) < 4.78 is 26.2. The third kappa shape index (κ3) is 2.85. The second-order valence-electron chi connectivity index (χ2n) is 6.23. The van der Waals surface area contributed by atoms with Crippen molar-refractivity contribution in [2.75, 3.05) is 0 Å². The molecule has 0 saturated heterocycles. The van der Waals surface area contributed by atoms with Crippen molar-refractivity contribution in [2.45, 2.75) is 25.3 Å². The van der Waals surface area contributed by atoms with Gasteiger partial charge in [-0.15, -0.1) is 0 Å². The maximum Gasteiger partial charge on any atom is 0.123 e. The molecule has 1 aliphatic heterocycles. The van der Waals surface area contributed by atoms with E-state index in [0.717, 1.165) is 36.1 Å². The minimum Gasteiger partial charge on any atom is -0.320 e. The van der Waals surface area contributed by atoms with Crippen LogP contribution < -0.4 is 10.9 Å². The summed E-state index contributed by atoms with van der Waals surface area (Å²) in [6.45, 7) is 0. The number of nitrogens with one attached hydrogen (secondary N) is 2. The SMILES string of the molecule is Fc1ccc(C=C2CCCC3=C2NNC3c2ccc(F)cc2)cc1. The number of halogens is 2. The zero-order valence-corrected chi connectivity index (χ0v) is 13.2. The van der Waals surface area contributed by atoms with E-state index in [1.807, 2.05) is 12.1 Å². The molecule has 0 spiro atoms. The van der Waals surface area contributed by atoms with Crippen LogP contribution in [0.1, 0.15) is 36.4 Å². The molecule has 122 valence electrons. The van der Waals surface area contributed by atoms with Crippen LogP contribution in [0.4, 0.5) is 8.78 Å². The van der Waals surface area contributed by atoms with Crippen LogP contribution in [0.5, 0.6) is 0 Å². The van der Waals surface area contributed by atoms with E-state index in [9.17, 15) is 8.78 Å². The van der Waals surface area contributed by atoms with Crippen molar-refractivity contribution in [3.8, 4) is 0 Å². The molecule has 0 saturated carbocycles. The molecule has 0 amide bonds. The van der Waals surface area contributed by atoms with E-state index >= 15 is 0 Å². The third-order valence-corrected chi connectivity index (χ3v) is 4.64. The molecule has 0 bridgehead atoms. The Kier molecular flexibility index (Phi) is 3.90. The first-order valence-corrected chi connectivity index (χ1v) is 8.17. The summed E-state index contributed by atoms with van der Waals surface area (Å²) in [5, 5.41) is 0. The summed E-state index contributed by atoms with van der Waals surface area (Å²) in [4.78, 5) is 0. The lowest BCUT2D eigenvalue weighted by Gasteiger charge is -2.19. The molecule has 1 aliphatic carbocycles. The Hall–Kier alpha value is -2.46. The molecule has 0 radical (unpaired) electrons. The van der Waals surface area contributed by atoms with Crippen LogP contribution in [-0.2, 0) is 0 Å². The molecule has 2 aromatic carbocycles. The van der Waals surface area contributed by atoms with E-state index in [1.54, 1.807) is 12.1 Å². The van der Waals surface area contributed by atoms with Crippen molar-refractivity contribution < 1.29 is 8.78 Å². The molecule has 2 N–H and O–H groups in total. The lowest BCUT2D eigenvalue weighted by molar-refractivity contribution is 0.580. The Labute approximate surface area is 139 Å². The Bertz CT molecular complexity index is 805. The van der Waals surface area contributed by atoms with Crippen LogP contribution in [0.15, 0.2) is 65.4 Å². The maximum atomic E-state index is 13.2. The molecule has 4 rings (SSSR count). The Balaban J connectivity index is 1.67. The van der Waals surface area contributed by atoms with E-state index in [1.165, 1.54) is 35.4 Å². The zero-order chi connectivity index (χ0) is 16.5. The van der Waals surface area contributed by atoms with Gasteiger partial charge in [0.2, 0.25) is 0 Å². The largest absolute Gasteiger partial charge is 0.320 e. The van der Waals surface area contributed by atoms with Gasteiger partial charge >= 0.3 is 0 Å². The van der Waals surface area contributed by atoms with Gasteiger partial charge in [0.15, 0.2) is 0 Å². The van der Waals surface area contributed by atoms with Crippen molar-refractivity contribution in [1.29, 1.82) is 0 Å². The first kappa shape index (κ1) is 15.1. The fourth-order valence-corrected chi connectivity index (χ4v) is 3.45. The number of hydrogen-bond donors (Lipinski definition) is 2. The Morgan fingerprint density at radius 2 is 1.54 bits per heavy atom. The van der Waals surface area contributed by atoms with Gasteiger partial charge in [0, 0.05) is 0 Å². The highest BCUT2D eigenvalue weighted by Gasteiger charge is 2.30. The molecule has 1 atom stereocenters. The number of rotatable bonds is 2. The predicted molar refractivity (Wildman–Crippen MR) is 90.7 cm³/mol. The average molecular weight is 324 g/mol. The van der Waals surface area contributed by atoms with Gasteiger partial charge in [-0.2, -0.15) is 0 Å².